The van der Waals surface area contributed by atoms with Crippen molar-refractivity contribution in [3.8, 4) is 0 Å². The lowest BCUT2D eigenvalue weighted by atomic mass is 10.0. The third kappa shape index (κ3) is 3.70. The fourth-order valence-corrected chi connectivity index (χ4v) is 4.95. The predicted octanol–water partition coefficient (Wildman–Crippen LogP) is 1.51. The average molecular weight is 341 g/mol. The number of nitrogens with one attached hydrogen (secondary N) is 3. The number of carbonyl (C=O) groups is 2. The highest BCUT2D eigenvalue weighted by molar-refractivity contribution is 8.00. The number of nitrogens with zero attached hydrogens (tertiary/aromatic N) is 2. The van der Waals surface area contributed by atoms with E-state index in [0.717, 1.165) is 30.0 Å². The molecule has 0 aromatic carbocycles. The summed E-state index contributed by atoms with van der Waals surface area (Å²) in [6, 6.07) is 0.467. The highest BCUT2D eigenvalue weighted by Crippen LogP contribution is 2.33. The summed E-state index contributed by atoms with van der Waals surface area (Å²) in [5, 5.41) is 18.3. The number of urea groups is 1. The van der Waals surface area contributed by atoms with Crippen molar-refractivity contribution in [2.75, 3.05) is 11.1 Å². The lowest BCUT2D eigenvalue weighted by Gasteiger charge is -2.16. The molecule has 3 heterocycles. The van der Waals surface area contributed by atoms with Gasteiger partial charge in [-0.05, 0) is 19.8 Å². The van der Waals surface area contributed by atoms with Gasteiger partial charge in [0, 0.05) is 17.4 Å². The molecule has 1 aromatic rings. The molecule has 3 rings (SSSR count). The van der Waals surface area contributed by atoms with Crippen LogP contribution in [0.15, 0.2) is 0 Å². The standard InChI is InChI=1S/C13H19N5O2S2/c1-7-17-18-13(22-7)15-10(19)5-3-2-4-9-11-8(6-21-9)14-12(20)16-11/h8-9,11H,2-6H2,1H3,(H2,14,16,20)(H,15,18,19)/t8-,9-,11+/m0/s1. The van der Waals surface area contributed by atoms with Gasteiger partial charge in [-0.25, -0.2) is 4.79 Å². The number of fused-ring (bicyclic) bond motifs is 1. The molecule has 22 heavy (non-hydrogen) atoms. The van der Waals surface area contributed by atoms with E-state index in [4.69, 9.17) is 0 Å². The maximum atomic E-state index is 11.8. The summed E-state index contributed by atoms with van der Waals surface area (Å²) in [5.74, 6) is 0.967. The highest BCUT2D eigenvalue weighted by atomic mass is 32.2. The molecule has 7 nitrogen and oxygen atoms in total. The third-order valence-corrected chi connectivity index (χ3v) is 6.12. The minimum absolute atomic E-state index is 0.0102. The van der Waals surface area contributed by atoms with Gasteiger partial charge in [-0.15, -0.1) is 10.2 Å². The Morgan fingerprint density at radius 3 is 3.00 bits per heavy atom. The number of anilines is 1. The van der Waals surface area contributed by atoms with Crippen LogP contribution in [0.1, 0.15) is 30.7 Å². The molecule has 0 unspecified atom stereocenters. The predicted molar refractivity (Wildman–Crippen MR) is 87.2 cm³/mol. The molecule has 3 atom stereocenters. The Bertz CT molecular complexity index is 564. The van der Waals surface area contributed by atoms with Crippen LogP contribution in [0.5, 0.6) is 0 Å². The summed E-state index contributed by atoms with van der Waals surface area (Å²) < 4.78 is 0. The van der Waals surface area contributed by atoms with Crippen molar-refractivity contribution in [3.63, 3.8) is 0 Å². The molecule has 0 aliphatic carbocycles. The molecule has 2 saturated heterocycles. The van der Waals surface area contributed by atoms with Gasteiger partial charge in [0.25, 0.3) is 0 Å². The summed E-state index contributed by atoms with van der Waals surface area (Å²) in [6.07, 6.45) is 3.35. The number of hydrogen-bond donors (Lipinski definition) is 3. The van der Waals surface area contributed by atoms with Crippen LogP contribution in [0.3, 0.4) is 0 Å². The van der Waals surface area contributed by atoms with Crippen molar-refractivity contribution >= 4 is 40.2 Å². The van der Waals surface area contributed by atoms with Crippen LogP contribution in [0.25, 0.3) is 0 Å². The van der Waals surface area contributed by atoms with Gasteiger partial charge >= 0.3 is 6.03 Å². The van der Waals surface area contributed by atoms with Crippen LogP contribution in [0.2, 0.25) is 0 Å². The zero-order valence-electron chi connectivity index (χ0n) is 12.3. The number of carbonyl (C=O) groups excluding carboxylic acids is 2. The van der Waals surface area contributed by atoms with E-state index >= 15 is 0 Å². The number of aryl methyl sites for hydroxylation is 1. The quantitative estimate of drug-likeness (QED) is 0.538. The first-order chi connectivity index (χ1) is 10.6. The Labute approximate surface area is 137 Å². The van der Waals surface area contributed by atoms with Gasteiger partial charge in [0.1, 0.15) is 5.01 Å². The van der Waals surface area contributed by atoms with Crippen molar-refractivity contribution in [3.05, 3.63) is 5.01 Å². The molecule has 0 bridgehead atoms. The zero-order chi connectivity index (χ0) is 15.5. The van der Waals surface area contributed by atoms with Crippen molar-refractivity contribution in [1.29, 1.82) is 0 Å². The molecule has 0 saturated carbocycles. The second kappa shape index (κ2) is 6.82. The van der Waals surface area contributed by atoms with Crippen molar-refractivity contribution in [2.45, 2.75) is 49.9 Å². The van der Waals surface area contributed by atoms with Crippen molar-refractivity contribution in [1.82, 2.24) is 20.8 Å². The third-order valence-electron chi connectivity index (χ3n) is 3.85. The Kier molecular flexibility index (Phi) is 4.82. The van der Waals surface area contributed by atoms with Crippen molar-refractivity contribution < 1.29 is 9.59 Å². The van der Waals surface area contributed by atoms with Gasteiger partial charge in [-0.1, -0.05) is 17.8 Å². The number of rotatable bonds is 6. The molecule has 1 aromatic heterocycles. The maximum absolute atomic E-state index is 11.8. The summed E-state index contributed by atoms with van der Waals surface area (Å²) >= 11 is 3.29. The van der Waals surface area contributed by atoms with E-state index in [0.29, 0.717) is 16.8 Å². The van der Waals surface area contributed by atoms with Gasteiger partial charge < -0.3 is 16.0 Å². The molecule has 3 N–H and O–H groups in total. The van der Waals surface area contributed by atoms with Crippen LogP contribution in [0, 0.1) is 6.92 Å². The van der Waals surface area contributed by atoms with Gasteiger partial charge in [0.05, 0.1) is 12.1 Å². The van der Waals surface area contributed by atoms with E-state index in [-0.39, 0.29) is 24.0 Å². The Balaban J connectivity index is 1.34. The summed E-state index contributed by atoms with van der Waals surface area (Å²) in [4.78, 5) is 23.1. The molecule has 0 radical (unpaired) electrons. The minimum Gasteiger partial charge on any atom is -0.332 e. The second-order valence-corrected chi connectivity index (χ2v) is 8.00. The van der Waals surface area contributed by atoms with E-state index < -0.39 is 0 Å². The van der Waals surface area contributed by atoms with E-state index in [1.54, 1.807) is 0 Å². The normalized spacial score (nSPS) is 26.4. The maximum Gasteiger partial charge on any atom is 0.315 e. The molecule has 2 aliphatic heterocycles. The first-order valence-corrected chi connectivity index (χ1v) is 9.27. The number of hydrogen-bond acceptors (Lipinski definition) is 6. The van der Waals surface area contributed by atoms with E-state index in [1.807, 2.05) is 18.7 Å². The number of amides is 3. The first-order valence-electron chi connectivity index (χ1n) is 7.40. The molecule has 2 aliphatic rings. The molecule has 3 amide bonds. The van der Waals surface area contributed by atoms with Crippen LogP contribution in [-0.4, -0.2) is 45.2 Å². The van der Waals surface area contributed by atoms with Crippen LogP contribution >= 0.6 is 23.1 Å². The Morgan fingerprint density at radius 2 is 2.23 bits per heavy atom. The number of unbranched alkanes of at least 4 members (excludes halogenated alkanes) is 1. The first kappa shape index (κ1) is 15.5. The fourth-order valence-electron chi connectivity index (χ4n) is 2.80. The number of thioether (sulfide) groups is 1. The molecule has 0 spiro atoms. The zero-order valence-corrected chi connectivity index (χ0v) is 13.9. The average Bonchev–Trinajstić information content (AvgIpc) is 3.12. The van der Waals surface area contributed by atoms with Crippen LogP contribution < -0.4 is 16.0 Å². The molecule has 2 fully saturated rings. The smallest absolute Gasteiger partial charge is 0.315 e. The monoisotopic (exact) mass is 341 g/mol. The van der Waals surface area contributed by atoms with Gasteiger partial charge in [-0.2, -0.15) is 11.8 Å². The number of aromatic nitrogens is 2. The fraction of sp³-hybridized carbons (Fsp3) is 0.692. The summed E-state index contributed by atoms with van der Waals surface area (Å²) in [6.45, 7) is 1.86. The lowest BCUT2D eigenvalue weighted by Crippen LogP contribution is -2.36. The minimum atomic E-state index is -0.0490. The van der Waals surface area contributed by atoms with Crippen LogP contribution in [-0.2, 0) is 4.79 Å². The van der Waals surface area contributed by atoms with Crippen molar-refractivity contribution in [2.24, 2.45) is 0 Å². The summed E-state index contributed by atoms with van der Waals surface area (Å²) in [5.41, 5.74) is 0. The molecule has 9 heteroatoms. The lowest BCUT2D eigenvalue weighted by molar-refractivity contribution is -0.116. The second-order valence-electron chi connectivity index (χ2n) is 5.54. The molecular weight excluding hydrogens is 322 g/mol. The van der Waals surface area contributed by atoms with E-state index in [1.165, 1.54) is 11.3 Å². The van der Waals surface area contributed by atoms with Gasteiger partial charge in [0.15, 0.2) is 0 Å². The topological polar surface area (TPSA) is 96.0 Å². The SMILES string of the molecule is Cc1nnc(NC(=O)CCCC[C@@H]2SC[C@@H]3NC(=O)N[C@H]32)s1. The largest absolute Gasteiger partial charge is 0.332 e. The highest BCUT2D eigenvalue weighted by Gasteiger charge is 2.42. The Morgan fingerprint density at radius 1 is 1.36 bits per heavy atom. The van der Waals surface area contributed by atoms with E-state index in [9.17, 15) is 9.59 Å². The van der Waals surface area contributed by atoms with Gasteiger partial charge in [0.2, 0.25) is 11.0 Å². The Hall–Kier alpha value is -1.35. The molecule has 120 valence electrons. The van der Waals surface area contributed by atoms with E-state index in [2.05, 4.69) is 26.1 Å². The summed E-state index contributed by atoms with van der Waals surface area (Å²) in [7, 11) is 0. The van der Waals surface area contributed by atoms with Crippen LogP contribution in [0.4, 0.5) is 9.93 Å². The molecular formula is C13H19N5O2S2. The van der Waals surface area contributed by atoms with Gasteiger partial charge in [-0.3, -0.25) is 4.79 Å².